The van der Waals surface area contributed by atoms with Gasteiger partial charge in [0.2, 0.25) is 0 Å². The van der Waals surface area contributed by atoms with Crippen molar-refractivity contribution in [3.8, 4) is 0 Å². The van der Waals surface area contributed by atoms with Gasteiger partial charge < -0.3 is 9.47 Å². The van der Waals surface area contributed by atoms with Crippen molar-refractivity contribution in [2.45, 2.75) is 200 Å². The molecular weight excluding hydrogens is 568 g/mol. The Morgan fingerprint density at radius 3 is 1.39 bits per heavy atom. The van der Waals surface area contributed by atoms with E-state index in [2.05, 4.69) is 38.2 Å². The Bertz CT molecular complexity index is 675. The van der Waals surface area contributed by atoms with Crippen LogP contribution in [0.3, 0.4) is 0 Å². The summed E-state index contributed by atoms with van der Waals surface area (Å²) < 4.78 is 10.8. The Balaban J connectivity index is 3.56. The minimum absolute atomic E-state index is 0.0488. The molecule has 0 aliphatic heterocycles. The highest BCUT2D eigenvalue weighted by molar-refractivity contribution is 6.18. The van der Waals surface area contributed by atoms with Crippen LogP contribution in [0.25, 0.3) is 0 Å². The van der Waals surface area contributed by atoms with Crippen LogP contribution >= 0.6 is 11.6 Å². The van der Waals surface area contributed by atoms with E-state index in [-0.39, 0.29) is 24.4 Å². The van der Waals surface area contributed by atoms with Crippen molar-refractivity contribution in [1.29, 1.82) is 0 Å². The Labute approximate surface area is 278 Å². The summed E-state index contributed by atoms with van der Waals surface area (Å²) in [5.74, 6) is -0.332. The van der Waals surface area contributed by atoms with Crippen LogP contribution in [0, 0.1) is 0 Å². The van der Waals surface area contributed by atoms with E-state index in [1.54, 1.807) is 0 Å². The Kier molecular flexibility index (Phi) is 35.1. The normalized spacial score (nSPS) is 12.3. The van der Waals surface area contributed by atoms with Gasteiger partial charge in [0.05, 0.1) is 5.88 Å². The molecule has 0 heterocycles. The van der Waals surface area contributed by atoms with E-state index in [1.807, 2.05) is 0 Å². The predicted octanol–water partition coefficient (Wildman–Crippen LogP) is 12.8. The van der Waals surface area contributed by atoms with Crippen LogP contribution in [-0.2, 0) is 19.1 Å². The molecule has 0 spiro atoms. The number of carbonyl (C=O) groups excluding carboxylic acids is 2. The first-order valence-electron chi connectivity index (χ1n) is 18.8. The lowest BCUT2D eigenvalue weighted by Crippen LogP contribution is -2.26. The van der Waals surface area contributed by atoms with Gasteiger partial charge in [0.25, 0.3) is 0 Å². The number of halogens is 1. The maximum Gasteiger partial charge on any atom is 0.306 e. The minimum atomic E-state index is -0.561. The number of allylic oxidation sites excluding steroid dienone is 4. The second-order valence-electron chi connectivity index (χ2n) is 12.6. The average molecular weight is 639 g/mol. The maximum atomic E-state index is 12.2. The molecule has 0 saturated carbocycles. The fourth-order valence-corrected chi connectivity index (χ4v) is 5.49. The molecule has 0 bridgehead atoms. The van der Waals surface area contributed by atoms with Gasteiger partial charge >= 0.3 is 11.9 Å². The number of ether oxygens (including phenoxy) is 2. The zero-order valence-corrected chi connectivity index (χ0v) is 29.9. The number of unbranched alkanes of at least 4 members (excludes halogenated alkanes) is 22. The summed E-state index contributed by atoms with van der Waals surface area (Å²) in [4.78, 5) is 24.3. The monoisotopic (exact) mass is 639 g/mol. The van der Waals surface area contributed by atoms with Gasteiger partial charge in [-0.15, -0.1) is 11.6 Å². The van der Waals surface area contributed by atoms with Crippen molar-refractivity contribution in [3.63, 3.8) is 0 Å². The molecular formula is C39H71ClO4. The zero-order chi connectivity index (χ0) is 32.2. The molecule has 4 nitrogen and oxygen atoms in total. The van der Waals surface area contributed by atoms with Crippen LogP contribution in [0.4, 0.5) is 0 Å². The molecule has 0 radical (unpaired) electrons. The minimum Gasteiger partial charge on any atom is -0.462 e. The van der Waals surface area contributed by atoms with Crippen LogP contribution < -0.4 is 0 Å². The molecule has 258 valence electrons. The van der Waals surface area contributed by atoms with Crippen LogP contribution in [0.15, 0.2) is 24.3 Å². The molecule has 5 heteroatoms. The van der Waals surface area contributed by atoms with Gasteiger partial charge in [0.15, 0.2) is 0 Å². The van der Waals surface area contributed by atoms with E-state index < -0.39 is 6.10 Å². The summed E-state index contributed by atoms with van der Waals surface area (Å²) in [6.45, 7) is 4.56. The van der Waals surface area contributed by atoms with Crippen LogP contribution in [0.5, 0.6) is 0 Å². The van der Waals surface area contributed by atoms with Crippen LogP contribution in [0.1, 0.15) is 194 Å². The second kappa shape index (κ2) is 36.2. The quantitative estimate of drug-likeness (QED) is 0.0304. The molecule has 0 aliphatic carbocycles. The summed E-state index contributed by atoms with van der Waals surface area (Å²) in [5, 5.41) is 0. The van der Waals surface area contributed by atoms with Gasteiger partial charge in [-0.2, -0.15) is 0 Å². The van der Waals surface area contributed by atoms with Crippen molar-refractivity contribution in [2.75, 3.05) is 12.5 Å². The summed E-state index contributed by atoms with van der Waals surface area (Å²) in [7, 11) is 0. The van der Waals surface area contributed by atoms with E-state index in [1.165, 1.54) is 122 Å². The summed E-state index contributed by atoms with van der Waals surface area (Å²) in [5.41, 5.74) is 0. The topological polar surface area (TPSA) is 52.6 Å². The largest absolute Gasteiger partial charge is 0.462 e. The highest BCUT2D eigenvalue weighted by Crippen LogP contribution is 2.14. The third-order valence-electron chi connectivity index (χ3n) is 8.22. The van der Waals surface area contributed by atoms with Crippen molar-refractivity contribution in [1.82, 2.24) is 0 Å². The number of hydrogen-bond donors (Lipinski definition) is 0. The summed E-state index contributed by atoms with van der Waals surface area (Å²) >= 11 is 5.96. The van der Waals surface area contributed by atoms with Gasteiger partial charge in [-0.3, -0.25) is 9.59 Å². The summed E-state index contributed by atoms with van der Waals surface area (Å²) in [6.07, 6.45) is 41.5. The van der Waals surface area contributed by atoms with E-state index in [4.69, 9.17) is 21.1 Å². The fraction of sp³-hybridized carbons (Fsp3) is 0.846. The first-order chi connectivity index (χ1) is 21.6. The summed E-state index contributed by atoms with van der Waals surface area (Å²) in [6, 6.07) is 0. The Morgan fingerprint density at radius 1 is 0.523 bits per heavy atom. The SMILES string of the molecule is CCCCC/C=C/C/C=C/CCCCCCCC(=O)OCC(CCl)OC(=O)CCCCCCCCCCCCCCCCC. The number of esters is 2. The van der Waals surface area contributed by atoms with E-state index >= 15 is 0 Å². The highest BCUT2D eigenvalue weighted by Gasteiger charge is 2.16. The number of carbonyl (C=O) groups is 2. The molecule has 0 saturated heterocycles. The van der Waals surface area contributed by atoms with Crippen molar-refractivity contribution < 1.29 is 19.1 Å². The molecule has 0 N–H and O–H groups in total. The standard InChI is InChI=1S/C39H71ClO4/c1-3-5-7-9-11-13-15-17-19-21-23-25-27-29-31-33-38(41)43-36-37(35-40)44-39(42)34-32-30-28-26-24-22-20-18-16-14-12-10-8-6-4-2/h11,13,17,19,37H,3-10,12,14-16,18,20-36H2,1-2H3/b13-11+,19-17+. The Morgan fingerprint density at radius 2 is 0.909 bits per heavy atom. The predicted molar refractivity (Wildman–Crippen MR) is 190 cm³/mol. The molecule has 0 aromatic rings. The first-order valence-corrected chi connectivity index (χ1v) is 19.4. The molecule has 0 fully saturated rings. The molecule has 0 rings (SSSR count). The lowest BCUT2D eigenvalue weighted by molar-refractivity contribution is -0.157. The van der Waals surface area contributed by atoms with Crippen molar-refractivity contribution >= 4 is 23.5 Å². The first kappa shape index (κ1) is 42.7. The van der Waals surface area contributed by atoms with Crippen molar-refractivity contribution in [3.05, 3.63) is 24.3 Å². The third kappa shape index (κ3) is 33.6. The van der Waals surface area contributed by atoms with Crippen LogP contribution in [0.2, 0.25) is 0 Å². The van der Waals surface area contributed by atoms with Gasteiger partial charge in [-0.05, 0) is 44.9 Å². The van der Waals surface area contributed by atoms with E-state index in [9.17, 15) is 9.59 Å². The molecule has 0 aromatic carbocycles. The smallest absolute Gasteiger partial charge is 0.306 e. The molecule has 1 unspecified atom stereocenters. The maximum absolute atomic E-state index is 12.2. The highest BCUT2D eigenvalue weighted by atomic mass is 35.5. The molecule has 1 atom stereocenters. The Hall–Kier alpha value is -1.29. The number of alkyl halides is 1. The second-order valence-corrected chi connectivity index (χ2v) is 12.9. The van der Waals surface area contributed by atoms with Gasteiger partial charge in [-0.1, -0.05) is 160 Å². The zero-order valence-electron chi connectivity index (χ0n) is 29.1. The molecule has 0 amide bonds. The number of rotatable bonds is 34. The average Bonchev–Trinajstić information content (AvgIpc) is 3.02. The lowest BCUT2D eigenvalue weighted by atomic mass is 10.0. The molecule has 0 aliphatic rings. The molecule has 44 heavy (non-hydrogen) atoms. The van der Waals surface area contributed by atoms with E-state index in [0.29, 0.717) is 12.8 Å². The fourth-order valence-electron chi connectivity index (χ4n) is 5.33. The van der Waals surface area contributed by atoms with E-state index in [0.717, 1.165) is 44.9 Å². The lowest BCUT2D eigenvalue weighted by Gasteiger charge is -2.15. The molecule has 0 aromatic heterocycles. The van der Waals surface area contributed by atoms with Gasteiger partial charge in [0.1, 0.15) is 12.7 Å². The number of hydrogen-bond acceptors (Lipinski definition) is 4. The van der Waals surface area contributed by atoms with Gasteiger partial charge in [-0.25, -0.2) is 0 Å². The van der Waals surface area contributed by atoms with Crippen LogP contribution in [-0.4, -0.2) is 30.5 Å². The third-order valence-corrected chi connectivity index (χ3v) is 8.56. The van der Waals surface area contributed by atoms with Crippen molar-refractivity contribution in [2.24, 2.45) is 0 Å². The van der Waals surface area contributed by atoms with Gasteiger partial charge in [0, 0.05) is 12.8 Å².